The van der Waals surface area contributed by atoms with Crippen LogP contribution in [-0.2, 0) is 0 Å². The van der Waals surface area contributed by atoms with Crippen molar-refractivity contribution in [2.45, 2.75) is 51.9 Å². The quantitative estimate of drug-likeness (QED) is 0.587. The van der Waals surface area contributed by atoms with Crippen molar-refractivity contribution in [1.82, 2.24) is 0 Å². The van der Waals surface area contributed by atoms with E-state index in [0.717, 1.165) is 30.4 Å². The third-order valence-corrected chi connectivity index (χ3v) is 5.41. The van der Waals surface area contributed by atoms with E-state index in [0.29, 0.717) is 17.4 Å². The number of hydrogen-bond donors (Lipinski definition) is 0. The lowest BCUT2D eigenvalue weighted by Gasteiger charge is -2.24. The van der Waals surface area contributed by atoms with Crippen molar-refractivity contribution in [1.29, 1.82) is 10.5 Å². The number of aryl methyl sites for hydroxylation is 1. The Hall–Kier alpha value is -3.24. The summed E-state index contributed by atoms with van der Waals surface area (Å²) in [5.74, 6) is 2.00. The number of allylic oxidation sites excluding steroid dienone is 2. The van der Waals surface area contributed by atoms with E-state index < -0.39 is 0 Å². The van der Waals surface area contributed by atoms with E-state index in [4.69, 9.17) is 20.0 Å². The van der Waals surface area contributed by atoms with Gasteiger partial charge in [-0.15, -0.1) is 10.5 Å². The summed E-state index contributed by atoms with van der Waals surface area (Å²) in [4.78, 5) is 0. The van der Waals surface area contributed by atoms with E-state index in [1.165, 1.54) is 16.7 Å². The van der Waals surface area contributed by atoms with Gasteiger partial charge in [0.2, 0.25) is 0 Å². The Labute approximate surface area is 166 Å². The summed E-state index contributed by atoms with van der Waals surface area (Å²) in [6.45, 7) is 6.30. The second-order valence-corrected chi connectivity index (χ2v) is 7.52. The number of nitrogens with zero attached hydrogens (tertiary/aromatic N) is 2. The first-order valence-electron chi connectivity index (χ1n) is 9.59. The van der Waals surface area contributed by atoms with Gasteiger partial charge in [0.05, 0.1) is 0 Å². The van der Waals surface area contributed by atoms with Crippen molar-refractivity contribution in [3.05, 3.63) is 64.7 Å². The predicted octanol–water partition coefficient (Wildman–Crippen LogP) is 6.19. The first kappa shape index (κ1) is 19.5. The van der Waals surface area contributed by atoms with Crippen LogP contribution in [0.15, 0.2) is 42.5 Å². The van der Waals surface area contributed by atoms with Gasteiger partial charge in [-0.05, 0) is 90.1 Å². The summed E-state index contributed by atoms with van der Waals surface area (Å²) in [5, 5.41) is 17.5. The summed E-state index contributed by atoms with van der Waals surface area (Å²) >= 11 is 0. The second kappa shape index (κ2) is 8.63. The molecule has 0 saturated carbocycles. The van der Waals surface area contributed by atoms with Crippen LogP contribution in [0.3, 0.4) is 0 Å². The van der Waals surface area contributed by atoms with Crippen molar-refractivity contribution >= 4 is 5.57 Å². The zero-order valence-corrected chi connectivity index (χ0v) is 16.5. The fraction of sp³-hybridized carbons (Fsp3) is 0.333. The molecule has 0 radical (unpaired) electrons. The van der Waals surface area contributed by atoms with Crippen LogP contribution in [0.5, 0.6) is 11.5 Å². The number of ether oxygens (including phenoxy) is 2. The fourth-order valence-electron chi connectivity index (χ4n) is 3.88. The Morgan fingerprint density at radius 1 is 1.04 bits per heavy atom. The highest BCUT2D eigenvalue weighted by atomic mass is 16.5. The van der Waals surface area contributed by atoms with Crippen molar-refractivity contribution in [2.24, 2.45) is 0 Å². The molecule has 0 bridgehead atoms. The molecule has 0 amide bonds. The van der Waals surface area contributed by atoms with E-state index in [1.807, 2.05) is 30.3 Å². The molecule has 0 aliphatic heterocycles. The molecule has 0 saturated heterocycles. The van der Waals surface area contributed by atoms with Gasteiger partial charge in [0.15, 0.2) is 0 Å². The van der Waals surface area contributed by atoms with Crippen LogP contribution in [0.4, 0.5) is 0 Å². The number of rotatable bonds is 5. The SMILES string of the molecule is Cc1cc(OC#N)c(C(C)C)cc1C1=CCC(c2ccc(OC#N)cc2)CC1. The normalized spacial score (nSPS) is 16.1. The fourth-order valence-corrected chi connectivity index (χ4v) is 3.88. The smallest absolute Gasteiger partial charge is 0.292 e. The van der Waals surface area contributed by atoms with Crippen LogP contribution in [0, 0.1) is 30.0 Å². The van der Waals surface area contributed by atoms with Crippen LogP contribution >= 0.6 is 0 Å². The molecule has 1 aliphatic rings. The van der Waals surface area contributed by atoms with Gasteiger partial charge in [0.1, 0.15) is 11.5 Å². The molecule has 0 heterocycles. The van der Waals surface area contributed by atoms with Crippen LogP contribution in [0.25, 0.3) is 5.57 Å². The Bertz CT molecular complexity index is 960. The molecule has 4 nitrogen and oxygen atoms in total. The van der Waals surface area contributed by atoms with Crippen LogP contribution in [0.2, 0.25) is 0 Å². The van der Waals surface area contributed by atoms with Gasteiger partial charge in [-0.25, -0.2) is 0 Å². The largest absolute Gasteiger partial charge is 0.388 e. The lowest BCUT2D eigenvalue weighted by Crippen LogP contribution is -2.06. The van der Waals surface area contributed by atoms with E-state index in [1.54, 1.807) is 12.5 Å². The molecular formula is C24H24N2O2. The minimum absolute atomic E-state index is 0.286. The Kier molecular flexibility index (Phi) is 6.02. The molecule has 1 atom stereocenters. The minimum atomic E-state index is 0.286. The molecule has 2 aromatic carbocycles. The standard InChI is InChI=1S/C24H24N2O2/c1-16(2)22-13-23(17(3)12-24(22)28-15-26)20-6-4-18(5-7-20)19-8-10-21(11-9-19)27-14-25/h6,8-13,16,18H,4-5,7H2,1-3H3. The Balaban J connectivity index is 1.82. The van der Waals surface area contributed by atoms with Crippen molar-refractivity contribution in [3.63, 3.8) is 0 Å². The molecule has 0 aromatic heterocycles. The van der Waals surface area contributed by atoms with Crippen LogP contribution in [0.1, 0.15) is 67.2 Å². The maximum absolute atomic E-state index is 8.91. The third-order valence-electron chi connectivity index (χ3n) is 5.41. The highest BCUT2D eigenvalue weighted by Gasteiger charge is 2.20. The number of nitriles is 2. The van der Waals surface area contributed by atoms with E-state index in [-0.39, 0.29) is 5.92 Å². The van der Waals surface area contributed by atoms with Gasteiger partial charge >= 0.3 is 0 Å². The van der Waals surface area contributed by atoms with Gasteiger partial charge in [0, 0.05) is 0 Å². The summed E-state index contributed by atoms with van der Waals surface area (Å²) < 4.78 is 10.0. The number of benzene rings is 2. The topological polar surface area (TPSA) is 66.0 Å². The van der Waals surface area contributed by atoms with Crippen molar-refractivity contribution < 1.29 is 9.47 Å². The lowest BCUT2D eigenvalue weighted by atomic mass is 9.81. The average Bonchev–Trinajstić information content (AvgIpc) is 2.69. The summed E-state index contributed by atoms with van der Waals surface area (Å²) in [7, 11) is 0. The molecule has 1 aliphatic carbocycles. The van der Waals surface area contributed by atoms with Gasteiger partial charge in [-0.3, -0.25) is 0 Å². The molecule has 0 fully saturated rings. The van der Waals surface area contributed by atoms with E-state index in [9.17, 15) is 0 Å². The zero-order valence-electron chi connectivity index (χ0n) is 16.5. The van der Waals surface area contributed by atoms with Gasteiger partial charge in [0.25, 0.3) is 12.5 Å². The third kappa shape index (κ3) is 4.18. The van der Waals surface area contributed by atoms with Gasteiger partial charge in [-0.1, -0.05) is 32.1 Å². The highest BCUT2D eigenvalue weighted by molar-refractivity contribution is 5.71. The maximum atomic E-state index is 8.91. The molecule has 0 spiro atoms. The highest BCUT2D eigenvalue weighted by Crippen LogP contribution is 2.39. The Morgan fingerprint density at radius 3 is 2.32 bits per heavy atom. The van der Waals surface area contributed by atoms with Crippen molar-refractivity contribution in [3.8, 4) is 24.0 Å². The maximum Gasteiger partial charge on any atom is 0.292 e. The zero-order chi connectivity index (χ0) is 20.1. The van der Waals surface area contributed by atoms with Crippen molar-refractivity contribution in [2.75, 3.05) is 0 Å². The molecule has 1 unspecified atom stereocenters. The molecule has 2 aromatic rings. The summed E-state index contributed by atoms with van der Waals surface area (Å²) in [6, 6.07) is 12.0. The Morgan fingerprint density at radius 2 is 1.75 bits per heavy atom. The number of hydrogen-bond acceptors (Lipinski definition) is 4. The van der Waals surface area contributed by atoms with E-state index >= 15 is 0 Å². The molecule has 4 heteroatoms. The minimum Gasteiger partial charge on any atom is -0.388 e. The van der Waals surface area contributed by atoms with E-state index in [2.05, 4.69) is 32.9 Å². The van der Waals surface area contributed by atoms with Crippen LogP contribution in [-0.4, -0.2) is 0 Å². The monoisotopic (exact) mass is 372 g/mol. The molecule has 3 rings (SSSR count). The van der Waals surface area contributed by atoms with Crippen LogP contribution < -0.4 is 9.47 Å². The second-order valence-electron chi connectivity index (χ2n) is 7.52. The molecule has 0 N–H and O–H groups in total. The van der Waals surface area contributed by atoms with Gasteiger partial charge in [-0.2, -0.15) is 0 Å². The molecule has 142 valence electrons. The van der Waals surface area contributed by atoms with Gasteiger partial charge < -0.3 is 9.47 Å². The lowest BCUT2D eigenvalue weighted by molar-refractivity contribution is 0.496. The molecular weight excluding hydrogens is 348 g/mol. The summed E-state index contributed by atoms with van der Waals surface area (Å²) in [6.07, 6.45) is 8.92. The first-order valence-corrected chi connectivity index (χ1v) is 9.59. The average molecular weight is 372 g/mol. The predicted molar refractivity (Wildman–Crippen MR) is 109 cm³/mol. The molecule has 28 heavy (non-hydrogen) atoms. The summed E-state index contributed by atoms with van der Waals surface area (Å²) in [5.41, 5.74) is 6.10. The first-order chi connectivity index (χ1) is 13.5.